The predicted molar refractivity (Wildman–Crippen MR) is 116 cm³/mol. The van der Waals surface area contributed by atoms with E-state index in [0.717, 1.165) is 47.2 Å². The van der Waals surface area contributed by atoms with Crippen molar-refractivity contribution in [3.63, 3.8) is 0 Å². The van der Waals surface area contributed by atoms with Crippen LogP contribution >= 0.6 is 15.9 Å². The lowest BCUT2D eigenvalue weighted by molar-refractivity contribution is -0.117. The molecule has 28 heavy (non-hydrogen) atoms. The van der Waals surface area contributed by atoms with Gasteiger partial charge in [0.15, 0.2) is 0 Å². The van der Waals surface area contributed by atoms with Crippen LogP contribution in [0.25, 0.3) is 0 Å². The lowest BCUT2D eigenvalue weighted by Gasteiger charge is -2.31. The van der Waals surface area contributed by atoms with Gasteiger partial charge in [-0.05, 0) is 74.2 Å². The monoisotopic (exact) mass is 443 g/mol. The molecule has 0 unspecified atom stereocenters. The van der Waals surface area contributed by atoms with Crippen LogP contribution in [0.3, 0.4) is 0 Å². The molecule has 0 saturated carbocycles. The fourth-order valence-corrected chi connectivity index (χ4v) is 3.82. The van der Waals surface area contributed by atoms with Gasteiger partial charge in [0, 0.05) is 34.9 Å². The molecule has 2 amide bonds. The molecule has 0 bridgehead atoms. The highest BCUT2D eigenvalue weighted by atomic mass is 79.9. The Labute approximate surface area is 174 Å². The van der Waals surface area contributed by atoms with Gasteiger partial charge in [0.05, 0.1) is 6.54 Å². The van der Waals surface area contributed by atoms with Gasteiger partial charge in [-0.2, -0.15) is 0 Å². The van der Waals surface area contributed by atoms with Crippen molar-refractivity contribution >= 4 is 33.4 Å². The first kappa shape index (κ1) is 20.6. The molecule has 6 heteroatoms. The second-order valence-corrected chi connectivity index (χ2v) is 8.37. The molecule has 0 spiro atoms. The Balaban J connectivity index is 1.44. The van der Waals surface area contributed by atoms with E-state index in [1.54, 1.807) is 0 Å². The van der Waals surface area contributed by atoms with Gasteiger partial charge in [0.2, 0.25) is 5.91 Å². The number of benzene rings is 2. The number of aryl methyl sites for hydroxylation is 2. The number of rotatable bonds is 5. The highest BCUT2D eigenvalue weighted by molar-refractivity contribution is 9.10. The number of carbonyl (C=O) groups excluding carboxylic acids is 2. The van der Waals surface area contributed by atoms with Crippen LogP contribution in [0.15, 0.2) is 46.9 Å². The quantitative estimate of drug-likeness (QED) is 0.736. The van der Waals surface area contributed by atoms with E-state index in [0.29, 0.717) is 12.1 Å². The summed E-state index contributed by atoms with van der Waals surface area (Å²) in [4.78, 5) is 26.8. The molecule has 0 atom stereocenters. The average Bonchev–Trinajstić information content (AvgIpc) is 2.63. The number of piperidine rings is 1. The van der Waals surface area contributed by atoms with Crippen molar-refractivity contribution < 1.29 is 9.59 Å². The van der Waals surface area contributed by atoms with Gasteiger partial charge >= 0.3 is 0 Å². The first-order chi connectivity index (χ1) is 13.4. The highest BCUT2D eigenvalue weighted by Crippen LogP contribution is 2.16. The first-order valence-electron chi connectivity index (χ1n) is 9.56. The number of hydrogen-bond donors (Lipinski definition) is 2. The summed E-state index contributed by atoms with van der Waals surface area (Å²) in [6, 6.07) is 13.6. The summed E-state index contributed by atoms with van der Waals surface area (Å²) >= 11 is 3.38. The summed E-state index contributed by atoms with van der Waals surface area (Å²) in [6.45, 7) is 6.02. The average molecular weight is 444 g/mol. The van der Waals surface area contributed by atoms with E-state index in [1.165, 1.54) is 0 Å². The van der Waals surface area contributed by atoms with Crippen LogP contribution in [0, 0.1) is 13.8 Å². The van der Waals surface area contributed by atoms with Crippen LogP contribution in [0.2, 0.25) is 0 Å². The Kier molecular flexibility index (Phi) is 6.86. The zero-order valence-electron chi connectivity index (χ0n) is 16.3. The zero-order valence-corrected chi connectivity index (χ0v) is 17.9. The second-order valence-electron chi connectivity index (χ2n) is 7.46. The van der Waals surface area contributed by atoms with E-state index in [-0.39, 0.29) is 17.9 Å². The molecule has 1 aliphatic rings. The number of nitrogens with one attached hydrogen (secondary N) is 2. The summed E-state index contributed by atoms with van der Waals surface area (Å²) in [6.07, 6.45) is 1.69. The van der Waals surface area contributed by atoms with Crippen molar-refractivity contribution in [1.29, 1.82) is 0 Å². The van der Waals surface area contributed by atoms with Gasteiger partial charge in [-0.15, -0.1) is 0 Å². The highest BCUT2D eigenvalue weighted by Gasteiger charge is 2.22. The summed E-state index contributed by atoms with van der Waals surface area (Å²) < 4.78 is 0.955. The molecule has 0 radical (unpaired) electrons. The third-order valence-corrected chi connectivity index (χ3v) is 5.43. The van der Waals surface area contributed by atoms with Crippen molar-refractivity contribution in [3.05, 3.63) is 63.6 Å². The van der Waals surface area contributed by atoms with Crippen LogP contribution in [-0.2, 0) is 4.79 Å². The normalized spacial score (nSPS) is 15.2. The fraction of sp³-hybridized carbons (Fsp3) is 0.364. The maximum absolute atomic E-state index is 12.3. The van der Waals surface area contributed by atoms with Crippen LogP contribution in [0.4, 0.5) is 5.69 Å². The SMILES string of the molecule is Cc1cc(C)cc(NC(=O)CN2CCC(NC(=O)c3ccc(Br)cc3)CC2)c1. The fourth-order valence-electron chi connectivity index (χ4n) is 3.56. The molecular weight excluding hydrogens is 418 g/mol. The number of carbonyl (C=O) groups is 2. The van der Waals surface area contributed by atoms with E-state index in [2.05, 4.69) is 37.5 Å². The third kappa shape index (κ3) is 5.91. The molecule has 1 fully saturated rings. The van der Waals surface area contributed by atoms with Gasteiger partial charge in [-0.1, -0.05) is 22.0 Å². The van der Waals surface area contributed by atoms with Crippen LogP contribution in [-0.4, -0.2) is 42.4 Å². The first-order valence-corrected chi connectivity index (χ1v) is 10.4. The largest absolute Gasteiger partial charge is 0.349 e. The van der Waals surface area contributed by atoms with E-state index in [9.17, 15) is 9.59 Å². The van der Waals surface area contributed by atoms with Crippen molar-refractivity contribution in [2.45, 2.75) is 32.7 Å². The standard InChI is InChI=1S/C22H26BrN3O2/c1-15-11-16(2)13-20(12-15)24-21(27)14-26-9-7-19(8-10-26)25-22(28)17-3-5-18(23)6-4-17/h3-6,11-13,19H,7-10,14H2,1-2H3,(H,24,27)(H,25,28). The van der Waals surface area contributed by atoms with E-state index < -0.39 is 0 Å². The van der Waals surface area contributed by atoms with Gasteiger partial charge in [0.1, 0.15) is 0 Å². The molecule has 0 aliphatic carbocycles. The van der Waals surface area contributed by atoms with Crippen LogP contribution in [0.1, 0.15) is 34.3 Å². The summed E-state index contributed by atoms with van der Waals surface area (Å²) in [5.74, 6) is -0.0409. The topological polar surface area (TPSA) is 61.4 Å². The summed E-state index contributed by atoms with van der Waals surface area (Å²) in [5, 5.41) is 6.09. The Hall–Kier alpha value is -2.18. The van der Waals surface area contributed by atoms with E-state index in [4.69, 9.17) is 0 Å². The van der Waals surface area contributed by atoms with Crippen molar-refractivity contribution in [2.75, 3.05) is 25.0 Å². The molecule has 148 valence electrons. The van der Waals surface area contributed by atoms with Gasteiger partial charge in [0.25, 0.3) is 5.91 Å². The Bertz CT molecular complexity index is 823. The molecule has 1 aliphatic heterocycles. The molecule has 1 saturated heterocycles. The van der Waals surface area contributed by atoms with E-state index >= 15 is 0 Å². The Morgan fingerprint density at radius 2 is 1.64 bits per heavy atom. The van der Waals surface area contributed by atoms with Gasteiger partial charge in [-0.3, -0.25) is 14.5 Å². The maximum Gasteiger partial charge on any atom is 0.251 e. The molecule has 2 N–H and O–H groups in total. The minimum atomic E-state index is -0.0430. The number of anilines is 1. The molecule has 2 aromatic carbocycles. The smallest absolute Gasteiger partial charge is 0.251 e. The number of halogens is 1. The van der Waals surface area contributed by atoms with Crippen molar-refractivity contribution in [1.82, 2.24) is 10.2 Å². The summed E-state index contributed by atoms with van der Waals surface area (Å²) in [5.41, 5.74) is 3.79. The number of amides is 2. The number of hydrogen-bond acceptors (Lipinski definition) is 3. The molecule has 3 rings (SSSR count). The molecule has 1 heterocycles. The third-order valence-electron chi connectivity index (χ3n) is 4.90. The van der Waals surface area contributed by atoms with Gasteiger partial charge in [-0.25, -0.2) is 0 Å². The Morgan fingerprint density at radius 1 is 1.04 bits per heavy atom. The second kappa shape index (κ2) is 9.34. The number of likely N-dealkylation sites (tertiary alicyclic amines) is 1. The van der Waals surface area contributed by atoms with Crippen LogP contribution in [0.5, 0.6) is 0 Å². The predicted octanol–water partition coefficient (Wildman–Crippen LogP) is 3.90. The number of nitrogens with zero attached hydrogens (tertiary/aromatic N) is 1. The van der Waals surface area contributed by atoms with Crippen LogP contribution < -0.4 is 10.6 Å². The minimum absolute atomic E-state index is 0.00217. The molecular formula is C22H26BrN3O2. The lowest BCUT2D eigenvalue weighted by atomic mass is 10.0. The van der Waals surface area contributed by atoms with Crippen molar-refractivity contribution in [2.24, 2.45) is 0 Å². The minimum Gasteiger partial charge on any atom is -0.349 e. The lowest BCUT2D eigenvalue weighted by Crippen LogP contribution is -2.46. The van der Waals surface area contributed by atoms with E-state index in [1.807, 2.05) is 50.2 Å². The summed E-state index contributed by atoms with van der Waals surface area (Å²) in [7, 11) is 0. The van der Waals surface area contributed by atoms with Gasteiger partial charge < -0.3 is 10.6 Å². The molecule has 5 nitrogen and oxygen atoms in total. The zero-order chi connectivity index (χ0) is 20.1. The molecule has 2 aromatic rings. The maximum atomic E-state index is 12.3. The Morgan fingerprint density at radius 3 is 2.25 bits per heavy atom. The van der Waals surface area contributed by atoms with Crippen molar-refractivity contribution in [3.8, 4) is 0 Å². The molecule has 0 aromatic heterocycles.